The number of esters is 1. The molecule has 0 atom stereocenters. The first kappa shape index (κ1) is 15.8. The summed E-state index contributed by atoms with van der Waals surface area (Å²) < 4.78 is 49.7. The van der Waals surface area contributed by atoms with Crippen molar-refractivity contribution in [3.63, 3.8) is 0 Å². The Hall–Kier alpha value is -1.56. The molecule has 3 nitrogen and oxygen atoms in total. The standard InChI is InChI=1S/C15H17F3O3/c16-12-2-3-13(17)15(18)11(12)9-21-14(19)4-1-10-5-7-20-8-6-10/h2-3,10H,1,4-9H2. The fourth-order valence-corrected chi connectivity index (χ4v) is 2.28. The van der Waals surface area contributed by atoms with E-state index in [0.29, 0.717) is 31.6 Å². The third-order valence-electron chi connectivity index (χ3n) is 3.61. The molecule has 1 aromatic carbocycles. The van der Waals surface area contributed by atoms with E-state index in [-0.39, 0.29) is 6.42 Å². The van der Waals surface area contributed by atoms with Gasteiger partial charge in [-0.2, -0.15) is 0 Å². The van der Waals surface area contributed by atoms with Gasteiger partial charge in [0.25, 0.3) is 0 Å². The van der Waals surface area contributed by atoms with Crippen molar-refractivity contribution < 1.29 is 27.4 Å². The molecule has 0 aliphatic carbocycles. The van der Waals surface area contributed by atoms with Gasteiger partial charge in [-0.25, -0.2) is 13.2 Å². The number of carbonyl (C=O) groups is 1. The van der Waals surface area contributed by atoms with E-state index in [1.54, 1.807) is 0 Å². The fraction of sp³-hybridized carbons (Fsp3) is 0.533. The number of rotatable bonds is 5. The zero-order valence-electron chi connectivity index (χ0n) is 11.5. The highest BCUT2D eigenvalue weighted by molar-refractivity contribution is 5.69. The number of benzene rings is 1. The van der Waals surface area contributed by atoms with Gasteiger partial charge in [0, 0.05) is 19.6 Å². The predicted octanol–water partition coefficient (Wildman–Crippen LogP) is 3.35. The first-order valence-electron chi connectivity index (χ1n) is 6.93. The number of carbonyl (C=O) groups excluding carboxylic acids is 1. The molecule has 0 unspecified atom stereocenters. The quantitative estimate of drug-likeness (QED) is 0.618. The van der Waals surface area contributed by atoms with Gasteiger partial charge in [0.15, 0.2) is 11.6 Å². The minimum atomic E-state index is -1.31. The van der Waals surface area contributed by atoms with Gasteiger partial charge in [-0.3, -0.25) is 4.79 Å². The largest absolute Gasteiger partial charge is 0.461 e. The van der Waals surface area contributed by atoms with Crippen LogP contribution >= 0.6 is 0 Å². The van der Waals surface area contributed by atoms with Crippen LogP contribution in [0.1, 0.15) is 31.2 Å². The second kappa shape index (κ2) is 7.45. The molecule has 116 valence electrons. The summed E-state index contributed by atoms with van der Waals surface area (Å²) in [5.41, 5.74) is -0.561. The molecule has 0 spiro atoms. The van der Waals surface area contributed by atoms with Crippen LogP contribution in [0.15, 0.2) is 12.1 Å². The van der Waals surface area contributed by atoms with E-state index in [2.05, 4.69) is 0 Å². The van der Waals surface area contributed by atoms with Crippen LogP contribution in [0.25, 0.3) is 0 Å². The monoisotopic (exact) mass is 302 g/mol. The van der Waals surface area contributed by atoms with Crippen LogP contribution in [0.5, 0.6) is 0 Å². The van der Waals surface area contributed by atoms with Crippen LogP contribution in [0, 0.1) is 23.4 Å². The zero-order chi connectivity index (χ0) is 15.2. The summed E-state index contributed by atoms with van der Waals surface area (Å²) in [4.78, 5) is 11.6. The van der Waals surface area contributed by atoms with Crippen LogP contribution in [-0.4, -0.2) is 19.2 Å². The molecule has 0 aromatic heterocycles. The Morgan fingerprint density at radius 1 is 1.19 bits per heavy atom. The third-order valence-corrected chi connectivity index (χ3v) is 3.61. The van der Waals surface area contributed by atoms with Crippen LogP contribution in [0.3, 0.4) is 0 Å². The van der Waals surface area contributed by atoms with Gasteiger partial charge in [-0.15, -0.1) is 0 Å². The number of hydrogen-bond donors (Lipinski definition) is 0. The maximum absolute atomic E-state index is 13.4. The van der Waals surface area contributed by atoms with Crippen molar-refractivity contribution in [2.24, 2.45) is 5.92 Å². The summed E-state index contributed by atoms with van der Waals surface area (Å²) in [6.45, 7) is 0.793. The molecule has 6 heteroatoms. The van der Waals surface area contributed by atoms with Gasteiger partial charge in [0.05, 0.1) is 5.56 Å². The molecule has 0 bridgehead atoms. The third kappa shape index (κ3) is 4.46. The molecule has 21 heavy (non-hydrogen) atoms. The summed E-state index contributed by atoms with van der Waals surface area (Å²) in [6.07, 6.45) is 2.65. The van der Waals surface area contributed by atoms with E-state index in [9.17, 15) is 18.0 Å². The highest BCUT2D eigenvalue weighted by Gasteiger charge is 2.18. The van der Waals surface area contributed by atoms with E-state index in [4.69, 9.17) is 9.47 Å². The Kier molecular flexibility index (Phi) is 5.61. The average Bonchev–Trinajstić information content (AvgIpc) is 2.50. The maximum atomic E-state index is 13.4. The summed E-state index contributed by atoms with van der Waals surface area (Å²) in [5.74, 6) is -3.53. The smallest absolute Gasteiger partial charge is 0.306 e. The highest BCUT2D eigenvalue weighted by atomic mass is 19.2. The highest BCUT2D eigenvalue weighted by Crippen LogP contribution is 2.21. The maximum Gasteiger partial charge on any atom is 0.306 e. The van der Waals surface area contributed by atoms with E-state index in [1.807, 2.05) is 0 Å². The molecule has 0 saturated carbocycles. The Labute approximate surface area is 121 Å². The van der Waals surface area contributed by atoms with Gasteiger partial charge < -0.3 is 9.47 Å². The van der Waals surface area contributed by atoms with Crippen molar-refractivity contribution in [1.82, 2.24) is 0 Å². The van der Waals surface area contributed by atoms with Crippen LogP contribution in [0.4, 0.5) is 13.2 Å². The lowest BCUT2D eigenvalue weighted by molar-refractivity contribution is -0.145. The van der Waals surface area contributed by atoms with Crippen molar-refractivity contribution in [3.8, 4) is 0 Å². The van der Waals surface area contributed by atoms with Gasteiger partial charge in [0.1, 0.15) is 12.4 Å². The van der Waals surface area contributed by atoms with Crippen molar-refractivity contribution in [1.29, 1.82) is 0 Å². The minimum absolute atomic E-state index is 0.184. The molecular formula is C15H17F3O3. The molecule has 1 aromatic rings. The Bertz CT molecular complexity index is 499. The second-order valence-corrected chi connectivity index (χ2v) is 5.08. The Morgan fingerprint density at radius 3 is 2.57 bits per heavy atom. The van der Waals surface area contributed by atoms with Gasteiger partial charge >= 0.3 is 5.97 Å². The van der Waals surface area contributed by atoms with Crippen molar-refractivity contribution in [3.05, 3.63) is 35.1 Å². The molecule has 0 radical (unpaired) electrons. The fourth-order valence-electron chi connectivity index (χ4n) is 2.28. The lowest BCUT2D eigenvalue weighted by atomic mass is 9.95. The summed E-state index contributed by atoms with van der Waals surface area (Å²) in [5, 5.41) is 0. The predicted molar refractivity (Wildman–Crippen MR) is 68.9 cm³/mol. The van der Waals surface area contributed by atoms with Gasteiger partial charge in [0.2, 0.25) is 0 Å². The van der Waals surface area contributed by atoms with Gasteiger partial charge in [-0.1, -0.05) is 0 Å². The molecule has 1 saturated heterocycles. The van der Waals surface area contributed by atoms with Crippen LogP contribution < -0.4 is 0 Å². The lowest BCUT2D eigenvalue weighted by Crippen LogP contribution is -2.17. The number of hydrogen-bond acceptors (Lipinski definition) is 3. The zero-order valence-corrected chi connectivity index (χ0v) is 11.5. The normalized spacial score (nSPS) is 16.0. The second-order valence-electron chi connectivity index (χ2n) is 5.08. The van der Waals surface area contributed by atoms with Gasteiger partial charge in [-0.05, 0) is 37.3 Å². The Balaban J connectivity index is 1.80. The number of halogens is 3. The molecule has 1 heterocycles. The summed E-state index contributed by atoms with van der Waals surface area (Å²) in [6, 6.07) is 1.50. The first-order chi connectivity index (χ1) is 10.1. The van der Waals surface area contributed by atoms with E-state index in [0.717, 1.165) is 18.9 Å². The molecule has 2 rings (SSSR count). The molecule has 1 aliphatic rings. The molecule has 0 N–H and O–H groups in total. The molecule has 1 fully saturated rings. The van der Waals surface area contributed by atoms with Crippen LogP contribution in [-0.2, 0) is 20.9 Å². The number of ether oxygens (including phenoxy) is 2. The lowest BCUT2D eigenvalue weighted by Gasteiger charge is -2.21. The molecule has 0 amide bonds. The van der Waals surface area contributed by atoms with Crippen LogP contribution in [0.2, 0.25) is 0 Å². The summed E-state index contributed by atoms with van der Waals surface area (Å²) in [7, 11) is 0. The summed E-state index contributed by atoms with van der Waals surface area (Å²) >= 11 is 0. The van der Waals surface area contributed by atoms with Crippen molar-refractivity contribution in [2.45, 2.75) is 32.3 Å². The van der Waals surface area contributed by atoms with E-state index >= 15 is 0 Å². The van der Waals surface area contributed by atoms with Crippen molar-refractivity contribution in [2.75, 3.05) is 13.2 Å². The SMILES string of the molecule is O=C(CCC1CCOCC1)OCc1c(F)ccc(F)c1F. The minimum Gasteiger partial charge on any atom is -0.461 e. The van der Waals surface area contributed by atoms with E-state index in [1.165, 1.54) is 0 Å². The Morgan fingerprint density at radius 2 is 1.86 bits per heavy atom. The first-order valence-corrected chi connectivity index (χ1v) is 6.93. The average molecular weight is 302 g/mol. The topological polar surface area (TPSA) is 35.5 Å². The van der Waals surface area contributed by atoms with E-state index < -0.39 is 35.6 Å². The molecular weight excluding hydrogens is 285 g/mol. The molecule has 1 aliphatic heterocycles. The van der Waals surface area contributed by atoms with Crippen molar-refractivity contribution >= 4 is 5.97 Å².